The molecule has 0 saturated carbocycles. The number of nitrogens with one attached hydrogen (secondary N) is 1. The van der Waals surface area contributed by atoms with Crippen LogP contribution in [0.3, 0.4) is 0 Å². The quantitative estimate of drug-likeness (QED) is 0.905. The molecule has 2 heterocycles. The normalized spacial score (nSPS) is 22.8. The monoisotopic (exact) mass is 291 g/mol. The summed E-state index contributed by atoms with van der Waals surface area (Å²) < 4.78 is 17.3. The number of fused-ring (bicyclic) bond motifs is 1. The van der Waals surface area contributed by atoms with E-state index >= 15 is 0 Å². The highest BCUT2D eigenvalue weighted by Gasteiger charge is 2.26. The van der Waals surface area contributed by atoms with Crippen LogP contribution in [0.2, 0.25) is 0 Å². The van der Waals surface area contributed by atoms with E-state index in [2.05, 4.69) is 24.4 Å². The van der Waals surface area contributed by atoms with Gasteiger partial charge in [0.15, 0.2) is 11.5 Å². The van der Waals surface area contributed by atoms with Crippen molar-refractivity contribution in [1.29, 1.82) is 0 Å². The zero-order valence-electron chi connectivity index (χ0n) is 12.8. The van der Waals surface area contributed by atoms with Gasteiger partial charge >= 0.3 is 0 Å². The highest BCUT2D eigenvalue weighted by Crippen LogP contribution is 2.35. The summed E-state index contributed by atoms with van der Waals surface area (Å²) in [4.78, 5) is 0. The second-order valence-electron chi connectivity index (χ2n) is 5.74. The molecule has 1 aromatic carbocycles. The van der Waals surface area contributed by atoms with Crippen molar-refractivity contribution in [2.75, 3.05) is 26.4 Å². The van der Waals surface area contributed by atoms with Gasteiger partial charge in [-0.15, -0.1) is 0 Å². The minimum absolute atomic E-state index is 0.237. The standard InChI is InChI=1S/C17H25NO3/c1-2-8-18-17(15-5-3-4-9-19-15)13-6-7-14-16(12-13)21-11-10-20-14/h6-7,12,15,17-18H,2-5,8-11H2,1H3. The first-order valence-electron chi connectivity index (χ1n) is 8.13. The number of rotatable bonds is 5. The Balaban J connectivity index is 1.80. The van der Waals surface area contributed by atoms with Crippen molar-refractivity contribution in [1.82, 2.24) is 5.32 Å². The van der Waals surface area contributed by atoms with Crippen molar-refractivity contribution in [3.63, 3.8) is 0 Å². The van der Waals surface area contributed by atoms with Crippen LogP contribution in [-0.4, -0.2) is 32.5 Å². The Bertz CT molecular complexity index is 457. The van der Waals surface area contributed by atoms with Crippen LogP contribution in [0.15, 0.2) is 18.2 Å². The van der Waals surface area contributed by atoms with Crippen molar-refractivity contribution in [2.24, 2.45) is 0 Å². The maximum Gasteiger partial charge on any atom is 0.161 e. The van der Waals surface area contributed by atoms with Gasteiger partial charge in [0.2, 0.25) is 0 Å². The number of hydrogen-bond donors (Lipinski definition) is 1. The van der Waals surface area contributed by atoms with Gasteiger partial charge < -0.3 is 19.5 Å². The third kappa shape index (κ3) is 3.50. The van der Waals surface area contributed by atoms with E-state index < -0.39 is 0 Å². The molecule has 116 valence electrons. The molecule has 3 rings (SSSR count). The van der Waals surface area contributed by atoms with Crippen molar-refractivity contribution in [2.45, 2.75) is 44.8 Å². The molecule has 21 heavy (non-hydrogen) atoms. The van der Waals surface area contributed by atoms with E-state index in [1.54, 1.807) is 0 Å². The molecule has 2 atom stereocenters. The first-order chi connectivity index (χ1) is 10.4. The van der Waals surface area contributed by atoms with E-state index in [4.69, 9.17) is 14.2 Å². The lowest BCUT2D eigenvalue weighted by molar-refractivity contribution is -0.00823. The summed E-state index contributed by atoms with van der Waals surface area (Å²) in [5.41, 5.74) is 1.24. The van der Waals surface area contributed by atoms with Crippen LogP contribution in [0, 0.1) is 0 Å². The Hall–Kier alpha value is -1.26. The van der Waals surface area contributed by atoms with Crippen molar-refractivity contribution in [3.05, 3.63) is 23.8 Å². The number of benzene rings is 1. The average molecular weight is 291 g/mol. The van der Waals surface area contributed by atoms with Crippen LogP contribution in [0.5, 0.6) is 11.5 Å². The zero-order valence-corrected chi connectivity index (χ0v) is 12.8. The number of ether oxygens (including phenoxy) is 3. The molecule has 0 aliphatic carbocycles. The Morgan fingerprint density at radius 1 is 1.14 bits per heavy atom. The third-order valence-corrected chi connectivity index (χ3v) is 4.13. The van der Waals surface area contributed by atoms with Gasteiger partial charge in [0.1, 0.15) is 13.2 Å². The Labute approximate surface area is 126 Å². The molecular weight excluding hydrogens is 266 g/mol. The molecule has 0 radical (unpaired) electrons. The predicted molar refractivity (Wildman–Crippen MR) is 82.1 cm³/mol. The summed E-state index contributed by atoms with van der Waals surface area (Å²) >= 11 is 0. The van der Waals surface area contributed by atoms with Gasteiger partial charge in [-0.05, 0) is 49.9 Å². The summed E-state index contributed by atoms with van der Waals surface area (Å²) in [7, 11) is 0. The van der Waals surface area contributed by atoms with Gasteiger partial charge in [0, 0.05) is 6.61 Å². The first kappa shape index (κ1) is 14.7. The smallest absolute Gasteiger partial charge is 0.161 e. The average Bonchev–Trinajstić information content (AvgIpc) is 2.56. The van der Waals surface area contributed by atoms with E-state index in [1.165, 1.54) is 18.4 Å². The molecule has 1 N–H and O–H groups in total. The van der Waals surface area contributed by atoms with Crippen LogP contribution >= 0.6 is 0 Å². The van der Waals surface area contributed by atoms with Gasteiger partial charge in [-0.25, -0.2) is 0 Å². The van der Waals surface area contributed by atoms with Gasteiger partial charge in [-0.1, -0.05) is 13.0 Å². The largest absolute Gasteiger partial charge is 0.486 e. The van der Waals surface area contributed by atoms with Crippen LogP contribution in [-0.2, 0) is 4.74 Å². The maximum atomic E-state index is 6.00. The molecule has 0 amide bonds. The van der Waals surface area contributed by atoms with Crippen molar-refractivity contribution < 1.29 is 14.2 Å². The fourth-order valence-corrected chi connectivity index (χ4v) is 3.05. The highest BCUT2D eigenvalue weighted by atomic mass is 16.6. The van der Waals surface area contributed by atoms with E-state index in [-0.39, 0.29) is 12.1 Å². The Morgan fingerprint density at radius 3 is 2.76 bits per heavy atom. The van der Waals surface area contributed by atoms with Gasteiger partial charge in [-0.2, -0.15) is 0 Å². The molecule has 0 bridgehead atoms. The molecule has 1 saturated heterocycles. The lowest BCUT2D eigenvalue weighted by Crippen LogP contribution is -2.36. The number of hydrogen-bond acceptors (Lipinski definition) is 4. The third-order valence-electron chi connectivity index (χ3n) is 4.13. The fourth-order valence-electron chi connectivity index (χ4n) is 3.05. The summed E-state index contributed by atoms with van der Waals surface area (Å²) in [5.74, 6) is 1.71. The zero-order chi connectivity index (χ0) is 14.5. The maximum absolute atomic E-state index is 6.00. The molecule has 0 aromatic heterocycles. The fraction of sp³-hybridized carbons (Fsp3) is 0.647. The molecule has 2 unspecified atom stereocenters. The minimum atomic E-state index is 0.237. The van der Waals surface area contributed by atoms with Crippen LogP contribution in [0.4, 0.5) is 0 Å². The molecule has 4 heteroatoms. The first-order valence-corrected chi connectivity index (χ1v) is 8.13. The second-order valence-corrected chi connectivity index (χ2v) is 5.74. The molecule has 2 aliphatic heterocycles. The predicted octanol–water partition coefficient (Wildman–Crippen LogP) is 3.07. The topological polar surface area (TPSA) is 39.7 Å². The lowest BCUT2D eigenvalue weighted by Gasteiger charge is -2.32. The second kappa shape index (κ2) is 7.14. The van der Waals surface area contributed by atoms with Crippen LogP contribution in [0.1, 0.15) is 44.2 Å². The van der Waals surface area contributed by atoms with E-state index in [0.717, 1.165) is 37.5 Å². The van der Waals surface area contributed by atoms with E-state index in [0.29, 0.717) is 13.2 Å². The van der Waals surface area contributed by atoms with Crippen molar-refractivity contribution in [3.8, 4) is 11.5 Å². The Kier molecular flexibility index (Phi) is 4.99. The summed E-state index contributed by atoms with van der Waals surface area (Å²) in [6, 6.07) is 6.51. The van der Waals surface area contributed by atoms with Gasteiger partial charge in [0.25, 0.3) is 0 Å². The van der Waals surface area contributed by atoms with E-state index in [1.807, 2.05) is 6.07 Å². The summed E-state index contributed by atoms with van der Waals surface area (Å²) in [6.07, 6.45) is 4.93. The van der Waals surface area contributed by atoms with Crippen LogP contribution in [0.25, 0.3) is 0 Å². The molecule has 1 aromatic rings. The lowest BCUT2D eigenvalue weighted by atomic mass is 9.95. The van der Waals surface area contributed by atoms with Crippen LogP contribution < -0.4 is 14.8 Å². The van der Waals surface area contributed by atoms with Gasteiger partial charge in [0.05, 0.1) is 12.1 Å². The Morgan fingerprint density at radius 2 is 2.00 bits per heavy atom. The molecule has 2 aliphatic rings. The molecule has 4 nitrogen and oxygen atoms in total. The molecule has 1 fully saturated rings. The summed E-state index contributed by atoms with van der Waals surface area (Å²) in [5, 5.41) is 3.64. The van der Waals surface area contributed by atoms with Gasteiger partial charge in [-0.3, -0.25) is 0 Å². The highest BCUT2D eigenvalue weighted by molar-refractivity contribution is 5.45. The summed E-state index contributed by atoms with van der Waals surface area (Å²) in [6.45, 7) is 5.33. The SMILES string of the molecule is CCCNC(c1ccc2c(c1)OCCO2)C1CCCCO1. The minimum Gasteiger partial charge on any atom is -0.486 e. The van der Waals surface area contributed by atoms with Crippen molar-refractivity contribution >= 4 is 0 Å². The van der Waals surface area contributed by atoms with E-state index in [9.17, 15) is 0 Å². The molecular formula is C17H25NO3. The molecule has 0 spiro atoms.